The molecule has 0 saturated heterocycles. The summed E-state index contributed by atoms with van der Waals surface area (Å²) in [5, 5.41) is 2.51. The monoisotopic (exact) mass is 141 g/mol. The lowest BCUT2D eigenvalue weighted by Gasteiger charge is -1.91. The van der Waals surface area contributed by atoms with Crippen molar-refractivity contribution < 1.29 is 0 Å². The van der Waals surface area contributed by atoms with E-state index in [4.69, 9.17) is 0 Å². The molecule has 0 radical (unpaired) electrons. The Bertz CT molecular complexity index is 369. The number of hydrogen-bond acceptors (Lipinski definition) is 0. The summed E-state index contributed by atoms with van der Waals surface area (Å²) in [7, 11) is 0. The molecule has 0 nitrogen and oxygen atoms in total. The van der Waals surface area contributed by atoms with E-state index in [9.17, 15) is 0 Å². The van der Waals surface area contributed by atoms with E-state index in [-0.39, 0.29) is 0 Å². The molecule has 0 aliphatic heterocycles. The molecule has 0 saturated carbocycles. The fourth-order valence-corrected chi connectivity index (χ4v) is 1.29. The highest BCUT2D eigenvalue weighted by Crippen LogP contribution is 2.16. The second-order valence-electron chi connectivity index (χ2n) is 2.64. The number of fused-ring (bicyclic) bond motifs is 1. The fourth-order valence-electron chi connectivity index (χ4n) is 1.29. The molecule has 11 heavy (non-hydrogen) atoms. The first kappa shape index (κ1) is 6.29. The molecule has 0 unspecified atom stereocenters. The maximum Gasteiger partial charge on any atom is 0.134 e. The van der Waals surface area contributed by atoms with Crippen LogP contribution in [0.1, 0.15) is 5.56 Å². The molecule has 0 amide bonds. The van der Waals surface area contributed by atoms with Crippen LogP contribution in [0, 0.1) is 6.92 Å². The number of hydrogen-bond donors (Lipinski definition) is 0. The van der Waals surface area contributed by atoms with E-state index in [1.165, 1.54) is 10.8 Å². The minimum atomic E-state index is 1.10. The van der Waals surface area contributed by atoms with Crippen LogP contribution >= 0.6 is 0 Å². The fraction of sp³-hybridized carbons (Fsp3) is 0. The first-order valence-corrected chi connectivity index (χ1v) is 3.67. The highest BCUT2D eigenvalue weighted by atomic mass is 14.0. The average Bonchev–Trinajstić information content (AvgIpc) is 2.06. The van der Waals surface area contributed by atoms with Gasteiger partial charge in [0.25, 0.3) is 0 Å². The Morgan fingerprint density at radius 3 is 2.36 bits per heavy atom. The van der Waals surface area contributed by atoms with Gasteiger partial charge in [0.15, 0.2) is 0 Å². The van der Waals surface area contributed by atoms with Crippen molar-refractivity contribution in [2.75, 3.05) is 0 Å². The largest absolute Gasteiger partial charge is 0.134 e. The van der Waals surface area contributed by atoms with E-state index in [1.54, 1.807) is 0 Å². The Balaban J connectivity index is 2.91. The Hall–Kier alpha value is -1.43. The Labute approximate surface area is 66.5 Å². The van der Waals surface area contributed by atoms with E-state index >= 15 is 0 Å². The van der Waals surface area contributed by atoms with Gasteiger partial charge in [-0.15, -0.1) is 0 Å². The first-order chi connectivity index (χ1) is 5.38. The van der Waals surface area contributed by atoms with Gasteiger partial charge in [-0.25, -0.2) is 0 Å². The molecule has 0 heteroatoms. The van der Waals surface area contributed by atoms with Crippen molar-refractivity contribution in [3.63, 3.8) is 0 Å². The highest BCUT2D eigenvalue weighted by Gasteiger charge is 2.00. The average molecular weight is 141 g/mol. The molecule has 0 aliphatic rings. The molecule has 0 bridgehead atoms. The Morgan fingerprint density at radius 1 is 0.818 bits per heavy atom. The third kappa shape index (κ3) is 0.966. The van der Waals surface area contributed by atoms with Gasteiger partial charge in [-0.2, -0.15) is 0 Å². The lowest BCUT2D eigenvalue weighted by molar-refractivity contribution is 1.68. The molecular weight excluding hydrogens is 132 g/mol. The Kier molecular flexibility index (Phi) is 1.32. The summed E-state index contributed by atoms with van der Waals surface area (Å²) in [4.78, 5) is 0. The number of rotatable bonds is 0. The molecule has 2 aromatic carbocycles. The SMILES string of the molecule is [CH2+]c1cccc2ccccc12. The normalized spacial score (nSPS) is 10.2. The van der Waals surface area contributed by atoms with Crippen LogP contribution in [-0.2, 0) is 0 Å². The van der Waals surface area contributed by atoms with Gasteiger partial charge < -0.3 is 0 Å². The van der Waals surface area contributed by atoms with E-state index in [1.807, 2.05) is 24.3 Å². The summed E-state index contributed by atoms with van der Waals surface area (Å²) in [6, 6.07) is 14.4. The van der Waals surface area contributed by atoms with Crippen LogP contribution in [0.3, 0.4) is 0 Å². The van der Waals surface area contributed by atoms with Gasteiger partial charge in [-0.3, -0.25) is 0 Å². The van der Waals surface area contributed by atoms with Crippen molar-refractivity contribution in [2.24, 2.45) is 0 Å². The van der Waals surface area contributed by atoms with Crippen LogP contribution in [0.25, 0.3) is 10.8 Å². The summed E-state index contributed by atoms with van der Waals surface area (Å²) in [6.07, 6.45) is 0. The summed E-state index contributed by atoms with van der Waals surface area (Å²) in [6.45, 7) is 3.95. The zero-order valence-electron chi connectivity index (χ0n) is 6.25. The smallest absolute Gasteiger partial charge is 0.0593 e. The van der Waals surface area contributed by atoms with Crippen LogP contribution in [0.5, 0.6) is 0 Å². The van der Waals surface area contributed by atoms with Gasteiger partial charge in [0.1, 0.15) is 5.56 Å². The van der Waals surface area contributed by atoms with E-state index in [2.05, 4.69) is 25.1 Å². The zero-order valence-corrected chi connectivity index (χ0v) is 6.25. The van der Waals surface area contributed by atoms with Gasteiger partial charge in [-0.1, -0.05) is 6.07 Å². The predicted molar refractivity (Wildman–Crippen MR) is 48.4 cm³/mol. The van der Waals surface area contributed by atoms with Crippen LogP contribution in [0.4, 0.5) is 0 Å². The second-order valence-corrected chi connectivity index (χ2v) is 2.64. The maximum atomic E-state index is 3.95. The van der Waals surface area contributed by atoms with Gasteiger partial charge in [0.2, 0.25) is 0 Å². The van der Waals surface area contributed by atoms with Crippen LogP contribution in [0.2, 0.25) is 0 Å². The van der Waals surface area contributed by atoms with Crippen LogP contribution < -0.4 is 0 Å². The van der Waals surface area contributed by atoms with Crippen molar-refractivity contribution in [1.29, 1.82) is 0 Å². The summed E-state index contributed by atoms with van der Waals surface area (Å²) in [5.74, 6) is 0. The molecule has 2 aromatic rings. The quantitative estimate of drug-likeness (QED) is 0.495. The van der Waals surface area contributed by atoms with Crippen LogP contribution in [0.15, 0.2) is 42.5 Å². The predicted octanol–water partition coefficient (Wildman–Crippen LogP) is 3.02. The molecule has 2 rings (SSSR count). The van der Waals surface area contributed by atoms with Gasteiger partial charge in [-0.05, 0) is 24.3 Å². The summed E-state index contributed by atoms with van der Waals surface area (Å²) < 4.78 is 0. The third-order valence-corrected chi connectivity index (χ3v) is 1.88. The summed E-state index contributed by atoms with van der Waals surface area (Å²) >= 11 is 0. The summed E-state index contributed by atoms with van der Waals surface area (Å²) in [5.41, 5.74) is 1.10. The molecule has 0 N–H and O–H groups in total. The van der Waals surface area contributed by atoms with Crippen molar-refractivity contribution in [3.8, 4) is 0 Å². The Morgan fingerprint density at radius 2 is 1.55 bits per heavy atom. The standard InChI is InChI=1S/C11H9/c1-9-5-4-7-10-6-2-3-8-11(9)10/h2-8H,1H2/q+1. The molecule has 52 valence electrons. The van der Waals surface area contributed by atoms with E-state index in [0.717, 1.165) is 5.56 Å². The van der Waals surface area contributed by atoms with Gasteiger partial charge in [0, 0.05) is 24.4 Å². The van der Waals surface area contributed by atoms with Gasteiger partial charge >= 0.3 is 0 Å². The van der Waals surface area contributed by atoms with Gasteiger partial charge in [0.05, 0.1) is 5.39 Å². The highest BCUT2D eigenvalue weighted by molar-refractivity contribution is 5.86. The topological polar surface area (TPSA) is 0 Å². The lowest BCUT2D eigenvalue weighted by atomic mass is 10.1. The molecule has 0 heterocycles. The van der Waals surface area contributed by atoms with Crippen molar-refractivity contribution in [1.82, 2.24) is 0 Å². The zero-order chi connectivity index (χ0) is 7.68. The number of benzene rings is 2. The third-order valence-electron chi connectivity index (χ3n) is 1.88. The molecule has 0 atom stereocenters. The second kappa shape index (κ2) is 2.31. The van der Waals surface area contributed by atoms with Crippen molar-refractivity contribution in [3.05, 3.63) is 55.0 Å². The van der Waals surface area contributed by atoms with Crippen molar-refractivity contribution in [2.45, 2.75) is 0 Å². The lowest BCUT2D eigenvalue weighted by Crippen LogP contribution is -1.75. The molecule has 0 fully saturated rings. The molecule has 0 spiro atoms. The van der Waals surface area contributed by atoms with E-state index < -0.39 is 0 Å². The molecular formula is C11H9+. The minimum Gasteiger partial charge on any atom is -0.0593 e. The van der Waals surface area contributed by atoms with Crippen LogP contribution in [-0.4, -0.2) is 0 Å². The van der Waals surface area contributed by atoms with Crippen molar-refractivity contribution >= 4 is 10.8 Å². The van der Waals surface area contributed by atoms with E-state index in [0.29, 0.717) is 0 Å². The first-order valence-electron chi connectivity index (χ1n) is 3.67. The minimum absolute atomic E-state index is 1.10. The maximum absolute atomic E-state index is 3.95. The molecule has 0 aromatic heterocycles. The molecule has 0 aliphatic carbocycles.